The molecule has 1 N–H and O–H groups in total. The molecule has 4 heterocycles. The minimum absolute atomic E-state index is 0.000979. The number of benzene rings is 2. The fourth-order valence-electron chi connectivity index (χ4n) is 7.88. The Balaban J connectivity index is 1.14. The molecule has 1 amide bonds. The second kappa shape index (κ2) is 14.4. The van der Waals surface area contributed by atoms with E-state index in [0.717, 1.165) is 16.4 Å². The molecule has 12 nitrogen and oxygen atoms in total. The summed E-state index contributed by atoms with van der Waals surface area (Å²) >= 11 is 0. The van der Waals surface area contributed by atoms with E-state index in [2.05, 4.69) is 20.5 Å². The lowest BCUT2D eigenvalue weighted by Gasteiger charge is -2.46. The molecule has 1 saturated carbocycles. The number of sulfonamides is 1. The van der Waals surface area contributed by atoms with Gasteiger partial charge in [0.15, 0.2) is 0 Å². The molecule has 288 valence electrons. The monoisotopic (exact) mass is 768 g/mol. The van der Waals surface area contributed by atoms with Crippen LogP contribution in [-0.4, -0.2) is 102 Å². The van der Waals surface area contributed by atoms with Gasteiger partial charge in [-0.25, -0.2) is 21.9 Å². The zero-order chi connectivity index (χ0) is 37.6. The second-order valence-electron chi connectivity index (χ2n) is 14.2. The average Bonchev–Trinajstić information content (AvgIpc) is 3.79. The Hall–Kier alpha value is -3.87. The number of aromatic nitrogens is 3. The van der Waals surface area contributed by atoms with Gasteiger partial charge in [-0.05, 0) is 56.0 Å². The second-order valence-corrected chi connectivity index (χ2v) is 16.1. The van der Waals surface area contributed by atoms with E-state index in [4.69, 9.17) is 14.2 Å². The summed E-state index contributed by atoms with van der Waals surface area (Å²) in [5.41, 5.74) is -0.958. The van der Waals surface area contributed by atoms with Crippen molar-refractivity contribution in [2.45, 2.75) is 98.7 Å². The molecule has 3 aromatic rings. The largest absolute Gasteiger partial charge is 0.494 e. The summed E-state index contributed by atoms with van der Waals surface area (Å²) in [5.74, 6) is -2.94. The molecule has 4 aliphatic rings. The molecule has 0 radical (unpaired) electrons. The van der Waals surface area contributed by atoms with Crippen molar-refractivity contribution in [3.05, 3.63) is 59.9 Å². The molecule has 2 aromatic carbocycles. The fraction of sp³-hybridized carbons (Fsp3) is 0.571. The lowest BCUT2D eigenvalue weighted by molar-refractivity contribution is -0.137. The Morgan fingerprint density at radius 2 is 1.77 bits per heavy atom. The van der Waals surface area contributed by atoms with Crippen LogP contribution in [-0.2, 0) is 32.3 Å². The Labute approximate surface area is 303 Å². The van der Waals surface area contributed by atoms with Gasteiger partial charge in [0.25, 0.3) is 0 Å². The summed E-state index contributed by atoms with van der Waals surface area (Å²) in [5, 5.41) is 11.4. The van der Waals surface area contributed by atoms with Gasteiger partial charge >= 0.3 is 6.18 Å². The number of hydrogen-bond acceptors (Lipinski definition) is 9. The summed E-state index contributed by atoms with van der Waals surface area (Å²) in [6.45, 7) is 0.568. The van der Waals surface area contributed by atoms with Crippen LogP contribution in [0.3, 0.4) is 0 Å². The minimum Gasteiger partial charge on any atom is -0.494 e. The average molecular weight is 769 g/mol. The van der Waals surface area contributed by atoms with Crippen LogP contribution in [0.15, 0.2) is 53.6 Å². The van der Waals surface area contributed by atoms with Crippen LogP contribution in [0, 0.1) is 0 Å². The first-order valence-corrected chi connectivity index (χ1v) is 19.1. The van der Waals surface area contributed by atoms with Crippen molar-refractivity contribution >= 4 is 15.9 Å². The number of piperidine rings is 1. The van der Waals surface area contributed by atoms with Gasteiger partial charge in [0.2, 0.25) is 21.9 Å². The first kappa shape index (κ1) is 37.4. The van der Waals surface area contributed by atoms with Crippen LogP contribution in [0.5, 0.6) is 11.5 Å². The van der Waals surface area contributed by atoms with Crippen molar-refractivity contribution in [3.8, 4) is 17.2 Å². The van der Waals surface area contributed by atoms with E-state index in [-0.39, 0.29) is 57.2 Å². The number of halogens is 5. The molecule has 0 unspecified atom stereocenters. The Morgan fingerprint density at radius 3 is 2.49 bits per heavy atom. The van der Waals surface area contributed by atoms with Crippen LogP contribution >= 0.6 is 0 Å². The summed E-state index contributed by atoms with van der Waals surface area (Å²) in [6.07, 6.45) is -2.54. The van der Waals surface area contributed by atoms with Gasteiger partial charge in [-0.3, -0.25) is 4.79 Å². The Bertz CT molecular complexity index is 1910. The molecular formula is C35H41F5N6O6S. The van der Waals surface area contributed by atoms with Crippen molar-refractivity contribution < 1.29 is 49.4 Å². The van der Waals surface area contributed by atoms with Gasteiger partial charge in [0.1, 0.15) is 33.8 Å². The van der Waals surface area contributed by atoms with Crippen LogP contribution in [0.25, 0.3) is 5.69 Å². The van der Waals surface area contributed by atoms with E-state index in [9.17, 15) is 35.2 Å². The number of amides is 1. The zero-order valence-electron chi connectivity index (χ0n) is 29.0. The quantitative estimate of drug-likeness (QED) is 0.347. The van der Waals surface area contributed by atoms with Crippen molar-refractivity contribution in [3.63, 3.8) is 0 Å². The maximum absolute atomic E-state index is 14.3. The molecule has 53 heavy (non-hydrogen) atoms. The van der Waals surface area contributed by atoms with Gasteiger partial charge in [0, 0.05) is 56.9 Å². The van der Waals surface area contributed by atoms with Gasteiger partial charge < -0.3 is 24.4 Å². The molecule has 1 aromatic heterocycles. The summed E-state index contributed by atoms with van der Waals surface area (Å²) in [7, 11) is -3.20. The number of methoxy groups -OCH3 is 1. The molecule has 18 heteroatoms. The number of hydrogen-bond donors (Lipinski definition) is 1. The third kappa shape index (κ3) is 7.86. The first-order valence-electron chi connectivity index (χ1n) is 17.6. The summed E-state index contributed by atoms with van der Waals surface area (Å²) in [4.78, 5) is 15.7. The van der Waals surface area contributed by atoms with Crippen LogP contribution in [0.1, 0.15) is 62.6 Å². The van der Waals surface area contributed by atoms with E-state index in [0.29, 0.717) is 62.0 Å². The normalized spacial score (nSPS) is 25.1. The predicted molar refractivity (Wildman–Crippen MR) is 179 cm³/mol. The highest BCUT2D eigenvalue weighted by Crippen LogP contribution is 2.41. The molecular weight excluding hydrogens is 727 g/mol. The number of rotatable bonds is 6. The van der Waals surface area contributed by atoms with Crippen LogP contribution in [0.2, 0.25) is 0 Å². The lowest BCUT2D eigenvalue weighted by Crippen LogP contribution is -2.60. The van der Waals surface area contributed by atoms with Crippen molar-refractivity contribution in [1.82, 2.24) is 29.5 Å². The smallest absolute Gasteiger partial charge is 0.416 e. The number of carbonyl (C=O) groups is 1. The predicted octanol–water partition coefficient (Wildman–Crippen LogP) is 4.95. The molecule has 0 bridgehead atoms. The first-order chi connectivity index (χ1) is 25.2. The highest BCUT2D eigenvalue weighted by atomic mass is 32.2. The van der Waals surface area contributed by atoms with Crippen LogP contribution in [0.4, 0.5) is 22.0 Å². The number of nitrogens with zero attached hydrogens (tertiary/aromatic N) is 5. The highest BCUT2D eigenvalue weighted by Gasteiger charge is 2.49. The SMILES string of the molecule is COc1ccccc1-n1cc(CO[C@@H]2C[C@H]3C(=O)NC4(CCOc5ccc(C(F)(F)F)cc5S(=O)(=O)N3C2)CCN(C2CCC(F)(F)CC2)CC4)nn1. The molecule has 7 rings (SSSR count). The number of likely N-dealkylation sites (tertiary alicyclic amines) is 1. The molecule has 2 saturated heterocycles. The van der Waals surface area contributed by atoms with Crippen molar-refractivity contribution in [1.29, 1.82) is 0 Å². The molecule has 2 atom stereocenters. The topological polar surface area (TPSA) is 128 Å². The zero-order valence-corrected chi connectivity index (χ0v) is 29.8. The summed E-state index contributed by atoms with van der Waals surface area (Å²) < 4.78 is 118. The van der Waals surface area contributed by atoms with E-state index < -0.39 is 56.2 Å². The standard InChI is InChI=1S/C35H41F5N6O6S/c1-50-29-5-3-2-4-27(29)45-20-24(42-43-45)22-52-26-19-28-32(47)41-33(12-15-44(16-13-33)25-8-10-34(36,37)11-9-25)14-17-51-30-7-6-23(35(38,39)40)18-31(30)53(48,49)46(28)21-26/h2-7,18,20,25-26,28H,8-17,19,21-22H2,1H3,(H,41,47)/t26-,28+/m1/s1. The van der Waals surface area contributed by atoms with E-state index in [1.54, 1.807) is 24.4 Å². The molecule has 1 spiro atoms. The number of ether oxygens (including phenoxy) is 3. The summed E-state index contributed by atoms with van der Waals surface area (Å²) in [6, 6.07) is 8.18. The van der Waals surface area contributed by atoms with Gasteiger partial charge in [-0.2, -0.15) is 17.5 Å². The number of nitrogens with one attached hydrogen (secondary N) is 1. The minimum atomic E-state index is -4.84. The van der Waals surface area contributed by atoms with Gasteiger partial charge in [0.05, 0.1) is 38.2 Å². The molecule has 3 aliphatic heterocycles. The highest BCUT2D eigenvalue weighted by molar-refractivity contribution is 7.89. The number of carbonyl (C=O) groups excluding carboxylic acids is 1. The number of alkyl halides is 5. The fourth-order valence-corrected chi connectivity index (χ4v) is 9.66. The molecule has 1 aliphatic carbocycles. The number of para-hydroxylation sites is 2. The van der Waals surface area contributed by atoms with E-state index >= 15 is 0 Å². The lowest BCUT2D eigenvalue weighted by atomic mass is 9.82. The van der Waals surface area contributed by atoms with Crippen LogP contribution < -0.4 is 14.8 Å². The maximum atomic E-state index is 14.3. The third-order valence-electron chi connectivity index (χ3n) is 10.9. The van der Waals surface area contributed by atoms with E-state index in [1.807, 2.05) is 6.07 Å². The van der Waals surface area contributed by atoms with Crippen molar-refractivity contribution in [2.75, 3.05) is 33.4 Å². The Morgan fingerprint density at radius 1 is 1.04 bits per heavy atom. The third-order valence-corrected chi connectivity index (χ3v) is 12.8. The molecule has 3 fully saturated rings. The van der Waals surface area contributed by atoms with Crippen molar-refractivity contribution in [2.24, 2.45) is 0 Å². The Kier molecular flexibility index (Phi) is 10.2. The maximum Gasteiger partial charge on any atom is 0.416 e. The van der Waals surface area contributed by atoms with Gasteiger partial charge in [-0.1, -0.05) is 17.3 Å². The number of fused-ring (bicyclic) bond motifs is 2. The van der Waals surface area contributed by atoms with Gasteiger partial charge in [-0.15, -0.1) is 5.10 Å². The van der Waals surface area contributed by atoms with E-state index in [1.165, 1.54) is 11.8 Å².